The third-order valence-corrected chi connectivity index (χ3v) is 13.5. The van der Waals surface area contributed by atoms with E-state index in [1.807, 2.05) is 27.7 Å². The van der Waals surface area contributed by atoms with E-state index in [0.717, 1.165) is 25.7 Å². The Balaban J connectivity index is 1.38. The summed E-state index contributed by atoms with van der Waals surface area (Å²) in [5, 5.41) is 74.2. The lowest BCUT2D eigenvalue weighted by Gasteiger charge is -2.61. The zero-order valence-electron chi connectivity index (χ0n) is 27.9. The van der Waals surface area contributed by atoms with Gasteiger partial charge in [0.1, 0.15) is 36.3 Å². The minimum Gasteiger partial charge on any atom is -0.394 e. The van der Waals surface area contributed by atoms with E-state index in [2.05, 4.69) is 20.4 Å². The van der Waals surface area contributed by atoms with E-state index in [-0.39, 0.29) is 46.2 Å². The smallest absolute Gasteiger partial charge is 0.187 e. The van der Waals surface area contributed by atoms with E-state index in [0.29, 0.717) is 30.8 Å². The molecule has 5 fully saturated rings. The van der Waals surface area contributed by atoms with Crippen LogP contribution in [0.15, 0.2) is 12.2 Å². The van der Waals surface area contributed by atoms with Crippen molar-refractivity contribution in [1.29, 1.82) is 0 Å². The first-order chi connectivity index (χ1) is 20.9. The van der Waals surface area contributed by atoms with Gasteiger partial charge < -0.3 is 45.2 Å². The lowest BCUT2D eigenvalue weighted by molar-refractivity contribution is -0.316. The number of Topliss-reactive ketones (excluding diaryl/α,β-unsaturated/α-hetero) is 1. The van der Waals surface area contributed by atoms with Crippen molar-refractivity contribution in [2.75, 3.05) is 6.61 Å². The average Bonchev–Trinajstić information content (AvgIpc) is 3.33. The number of ketones is 1. The molecule has 10 heteroatoms. The Hall–Kier alpha value is -0.950. The summed E-state index contributed by atoms with van der Waals surface area (Å²) in [5.41, 5.74) is -0.351. The van der Waals surface area contributed by atoms with E-state index in [9.17, 15) is 40.5 Å². The first kappa shape index (κ1) is 35.4. The number of hydrogen-bond acceptors (Lipinski definition) is 10. The van der Waals surface area contributed by atoms with Gasteiger partial charge in [0.2, 0.25) is 0 Å². The van der Waals surface area contributed by atoms with Crippen LogP contribution in [0.1, 0.15) is 86.5 Å². The Kier molecular flexibility index (Phi) is 9.82. The molecule has 1 aliphatic heterocycles. The van der Waals surface area contributed by atoms with Gasteiger partial charge in [-0.1, -0.05) is 48.1 Å². The van der Waals surface area contributed by atoms with Crippen molar-refractivity contribution >= 4 is 5.78 Å². The van der Waals surface area contributed by atoms with Crippen molar-refractivity contribution in [2.45, 2.75) is 142 Å². The Morgan fingerprint density at radius 1 is 1.00 bits per heavy atom. The Morgan fingerprint density at radius 2 is 1.64 bits per heavy atom. The van der Waals surface area contributed by atoms with E-state index in [4.69, 9.17) is 9.47 Å². The van der Waals surface area contributed by atoms with Gasteiger partial charge in [0.25, 0.3) is 0 Å². The minimum absolute atomic E-state index is 0.117. The van der Waals surface area contributed by atoms with Crippen LogP contribution >= 0.6 is 0 Å². The van der Waals surface area contributed by atoms with Gasteiger partial charge in [0, 0.05) is 12.3 Å². The molecule has 4 aliphatic carbocycles. The van der Waals surface area contributed by atoms with Gasteiger partial charge in [-0.05, 0) is 89.9 Å². The van der Waals surface area contributed by atoms with Crippen molar-refractivity contribution in [3.63, 3.8) is 0 Å². The van der Waals surface area contributed by atoms with Crippen LogP contribution in [0.3, 0.4) is 0 Å². The van der Waals surface area contributed by atoms with Crippen LogP contribution in [-0.2, 0) is 14.3 Å². The molecule has 10 nitrogen and oxygen atoms in total. The standard InChI is InChI=1S/C35H58O10/c1-16(27(40)31(17(2)33(3,4)5)45-32-30(43)29(42)28(41)26(15-36)44-32)19-8-9-20-18-12-23(37)22-13-24(38)25(39)14-35(22,7)21(18)10-11-34(19,20)6/h16,18-22,24-32,36,38-43H,2,8-15H2,1,3-7H3/t16-,18?,19?,20?,21?,22+,24-,25-,26+,27+,28+,29-,30+,31+,32-,34+,35+/m0/s1. The minimum atomic E-state index is -1.60. The summed E-state index contributed by atoms with van der Waals surface area (Å²) in [6.07, 6.45) is -5.95. The van der Waals surface area contributed by atoms with Crippen molar-refractivity contribution in [3.05, 3.63) is 12.2 Å². The highest BCUT2D eigenvalue weighted by atomic mass is 16.7. The topological polar surface area (TPSA) is 177 Å². The first-order valence-electron chi connectivity index (χ1n) is 17.1. The molecule has 17 atom stereocenters. The maximum absolute atomic E-state index is 13.6. The Labute approximate surface area is 267 Å². The number of rotatable bonds is 7. The largest absolute Gasteiger partial charge is 0.394 e. The molecule has 1 heterocycles. The molecular weight excluding hydrogens is 580 g/mol. The number of carbonyl (C=O) groups excluding carboxylic acids is 1. The number of fused-ring (bicyclic) bond motifs is 5. The monoisotopic (exact) mass is 638 g/mol. The molecule has 5 aliphatic rings. The second-order valence-corrected chi connectivity index (χ2v) is 16.8. The molecule has 0 spiro atoms. The molecule has 0 radical (unpaired) electrons. The van der Waals surface area contributed by atoms with Crippen molar-refractivity contribution in [2.24, 2.45) is 51.8 Å². The highest BCUT2D eigenvalue weighted by Gasteiger charge is 2.64. The fourth-order valence-corrected chi connectivity index (χ4v) is 10.6. The molecule has 1 saturated heterocycles. The highest BCUT2D eigenvalue weighted by molar-refractivity contribution is 5.83. The molecule has 0 aromatic heterocycles. The van der Waals surface area contributed by atoms with Gasteiger partial charge in [0.05, 0.1) is 24.9 Å². The molecule has 4 unspecified atom stereocenters. The molecule has 7 N–H and O–H groups in total. The molecule has 0 bridgehead atoms. The van der Waals surface area contributed by atoms with Crippen molar-refractivity contribution in [1.82, 2.24) is 0 Å². The number of ether oxygens (including phenoxy) is 2. The van der Waals surface area contributed by atoms with E-state index in [1.54, 1.807) is 0 Å². The maximum Gasteiger partial charge on any atom is 0.187 e. The number of carbonyl (C=O) groups is 1. The summed E-state index contributed by atoms with van der Waals surface area (Å²) in [6, 6.07) is 0. The van der Waals surface area contributed by atoms with Crippen LogP contribution in [0.4, 0.5) is 0 Å². The molecule has 45 heavy (non-hydrogen) atoms. The zero-order valence-corrected chi connectivity index (χ0v) is 27.9. The zero-order chi connectivity index (χ0) is 33.4. The number of hydrogen-bond donors (Lipinski definition) is 7. The summed E-state index contributed by atoms with van der Waals surface area (Å²) in [5.74, 6) is 0.633. The first-order valence-corrected chi connectivity index (χ1v) is 17.1. The van der Waals surface area contributed by atoms with Gasteiger partial charge in [-0.2, -0.15) is 0 Å². The van der Waals surface area contributed by atoms with Crippen LogP contribution < -0.4 is 0 Å². The molecule has 0 aromatic carbocycles. The summed E-state index contributed by atoms with van der Waals surface area (Å²) in [7, 11) is 0. The Bertz CT molecular complexity index is 1100. The predicted octanol–water partition coefficient (Wildman–Crippen LogP) is 1.94. The van der Waals surface area contributed by atoms with Gasteiger partial charge in [-0.15, -0.1) is 0 Å². The Morgan fingerprint density at radius 3 is 2.27 bits per heavy atom. The van der Waals surface area contributed by atoms with E-state index < -0.39 is 67.1 Å². The van der Waals surface area contributed by atoms with Crippen LogP contribution in [-0.4, -0.2) is 103 Å². The quantitative estimate of drug-likeness (QED) is 0.204. The highest BCUT2D eigenvalue weighted by Crippen LogP contribution is 2.68. The van der Waals surface area contributed by atoms with Crippen LogP contribution in [0.25, 0.3) is 0 Å². The van der Waals surface area contributed by atoms with Crippen LogP contribution in [0.5, 0.6) is 0 Å². The molecule has 0 aromatic rings. The van der Waals surface area contributed by atoms with E-state index in [1.165, 1.54) is 0 Å². The van der Waals surface area contributed by atoms with Crippen molar-refractivity contribution < 1.29 is 50.0 Å². The average molecular weight is 639 g/mol. The van der Waals surface area contributed by atoms with Crippen LogP contribution in [0.2, 0.25) is 0 Å². The third-order valence-electron chi connectivity index (χ3n) is 13.5. The second-order valence-electron chi connectivity index (χ2n) is 16.8. The second kappa shape index (κ2) is 12.5. The summed E-state index contributed by atoms with van der Waals surface area (Å²) in [4.78, 5) is 13.6. The van der Waals surface area contributed by atoms with Gasteiger partial charge in [-0.25, -0.2) is 0 Å². The molecule has 5 rings (SSSR count). The molecular formula is C35H58O10. The summed E-state index contributed by atoms with van der Waals surface area (Å²) < 4.78 is 11.9. The number of aliphatic hydroxyl groups excluding tert-OH is 7. The van der Waals surface area contributed by atoms with Crippen molar-refractivity contribution in [3.8, 4) is 0 Å². The van der Waals surface area contributed by atoms with E-state index >= 15 is 0 Å². The fourth-order valence-electron chi connectivity index (χ4n) is 10.6. The molecule has 0 amide bonds. The SMILES string of the molecule is C=C([C@@H](O[C@@H]1O[C@H](CO)[C@@H](O)[C@H](O)[C@H]1O)[C@H](O)[C@@H](C)C1CCC2C3CC(=O)[C@H]4C[C@H](O)[C@@H](O)C[C@]4(C)C3CC[C@@]21C)C(C)(C)C. The normalized spacial score (nSPS) is 49.0. The van der Waals surface area contributed by atoms with Gasteiger partial charge in [0.15, 0.2) is 6.29 Å². The van der Waals surface area contributed by atoms with Crippen LogP contribution in [0, 0.1) is 51.8 Å². The lowest BCUT2D eigenvalue weighted by atomic mass is 9.44. The molecule has 258 valence electrons. The predicted molar refractivity (Wildman–Crippen MR) is 165 cm³/mol. The lowest BCUT2D eigenvalue weighted by Crippen LogP contribution is -2.61. The summed E-state index contributed by atoms with van der Waals surface area (Å²) in [6.45, 7) is 16.1. The summed E-state index contributed by atoms with van der Waals surface area (Å²) >= 11 is 0. The van der Waals surface area contributed by atoms with Gasteiger partial charge in [-0.3, -0.25) is 4.79 Å². The third kappa shape index (κ3) is 5.88. The molecule has 4 saturated carbocycles. The maximum atomic E-state index is 13.6. The fraction of sp³-hybridized carbons (Fsp3) is 0.914. The van der Waals surface area contributed by atoms with Gasteiger partial charge >= 0.3 is 0 Å². The number of aliphatic hydroxyl groups is 7.